The maximum Gasteiger partial charge on any atom is 0.164 e. The van der Waals surface area contributed by atoms with Gasteiger partial charge in [-0.25, -0.2) is 0 Å². The lowest BCUT2D eigenvalue weighted by molar-refractivity contribution is -0.143. The molecule has 0 aromatic heterocycles. The zero-order valence-corrected chi connectivity index (χ0v) is 12.9. The molecule has 0 spiro atoms. The van der Waals surface area contributed by atoms with Gasteiger partial charge in [-0.2, -0.15) is 0 Å². The number of hydrogen-bond donors (Lipinski definition) is 0. The molecule has 1 aliphatic heterocycles. The van der Waals surface area contributed by atoms with E-state index in [2.05, 4.69) is 38.4 Å². The minimum absolute atomic E-state index is 0.00793. The Morgan fingerprint density at radius 1 is 1.38 bits per heavy atom. The van der Waals surface area contributed by atoms with E-state index < -0.39 is 5.79 Å². The van der Waals surface area contributed by atoms with Gasteiger partial charge < -0.3 is 9.47 Å². The maximum absolute atomic E-state index is 5.87. The summed E-state index contributed by atoms with van der Waals surface area (Å²) in [5, 5.41) is 0. The summed E-state index contributed by atoms with van der Waals surface area (Å²) in [5.41, 5.74) is 0. The third-order valence-corrected chi connectivity index (χ3v) is 2.94. The highest BCUT2D eigenvalue weighted by Crippen LogP contribution is 2.33. The molecule has 0 aliphatic carbocycles. The standard InChI is InChI=1S/C12H18Br2O2/c1-4-5-6-7-9-10(8-11(13)14)16-12(2,3)15-9/h4,8-10H,1,5-7H2,2-3H3/t9-,10-/m0/s1. The van der Waals surface area contributed by atoms with Gasteiger partial charge in [0.25, 0.3) is 0 Å². The molecular weight excluding hydrogens is 336 g/mol. The minimum Gasteiger partial charge on any atom is -0.344 e. The van der Waals surface area contributed by atoms with Gasteiger partial charge in [0.1, 0.15) is 6.10 Å². The number of hydrogen-bond acceptors (Lipinski definition) is 2. The van der Waals surface area contributed by atoms with Crippen molar-refractivity contribution in [2.75, 3.05) is 0 Å². The van der Waals surface area contributed by atoms with Crippen LogP contribution in [0.15, 0.2) is 22.1 Å². The van der Waals surface area contributed by atoms with Gasteiger partial charge in [0.2, 0.25) is 0 Å². The van der Waals surface area contributed by atoms with Crippen molar-refractivity contribution in [2.45, 2.75) is 51.1 Å². The summed E-state index contributed by atoms with van der Waals surface area (Å²) in [6.45, 7) is 7.62. The molecule has 0 saturated carbocycles. The second-order valence-electron chi connectivity index (χ2n) is 4.31. The van der Waals surface area contributed by atoms with E-state index in [4.69, 9.17) is 9.47 Å². The average molecular weight is 354 g/mol. The second kappa shape index (κ2) is 6.34. The molecule has 1 aliphatic rings. The Kier molecular flexibility index (Phi) is 5.71. The molecule has 16 heavy (non-hydrogen) atoms. The van der Waals surface area contributed by atoms with Gasteiger partial charge in [0.15, 0.2) is 5.79 Å². The Morgan fingerprint density at radius 2 is 2.06 bits per heavy atom. The monoisotopic (exact) mass is 352 g/mol. The fourth-order valence-corrected chi connectivity index (χ4v) is 2.34. The van der Waals surface area contributed by atoms with E-state index in [1.807, 2.05) is 26.0 Å². The fraction of sp³-hybridized carbons (Fsp3) is 0.667. The van der Waals surface area contributed by atoms with Crippen LogP contribution in [0.2, 0.25) is 0 Å². The number of unbranched alkanes of at least 4 members (excludes halogenated alkanes) is 1. The highest BCUT2D eigenvalue weighted by atomic mass is 79.9. The van der Waals surface area contributed by atoms with Crippen molar-refractivity contribution >= 4 is 31.9 Å². The number of rotatable bonds is 5. The van der Waals surface area contributed by atoms with Crippen molar-refractivity contribution in [3.05, 3.63) is 22.1 Å². The van der Waals surface area contributed by atoms with Gasteiger partial charge in [-0.15, -0.1) is 6.58 Å². The quantitative estimate of drug-likeness (QED) is 0.535. The summed E-state index contributed by atoms with van der Waals surface area (Å²) < 4.78 is 12.6. The summed E-state index contributed by atoms with van der Waals surface area (Å²) in [6.07, 6.45) is 7.15. The summed E-state index contributed by atoms with van der Waals surface area (Å²) >= 11 is 6.71. The summed E-state index contributed by atoms with van der Waals surface area (Å²) in [7, 11) is 0. The van der Waals surface area contributed by atoms with Crippen molar-refractivity contribution in [3.8, 4) is 0 Å². The zero-order chi connectivity index (χ0) is 12.2. The molecule has 1 heterocycles. The molecule has 0 aromatic rings. The first kappa shape index (κ1) is 14.4. The first-order valence-corrected chi connectivity index (χ1v) is 7.02. The van der Waals surface area contributed by atoms with Gasteiger partial charge in [-0.1, -0.05) is 6.08 Å². The lowest BCUT2D eigenvalue weighted by atomic mass is 10.1. The highest BCUT2D eigenvalue weighted by molar-refractivity contribution is 9.28. The minimum atomic E-state index is -0.491. The van der Waals surface area contributed by atoms with Crippen molar-refractivity contribution in [1.82, 2.24) is 0 Å². The van der Waals surface area contributed by atoms with Crippen LogP contribution in [0, 0.1) is 0 Å². The summed E-state index contributed by atoms with van der Waals surface area (Å²) in [6, 6.07) is 0. The number of ether oxygens (including phenoxy) is 2. The molecule has 0 unspecified atom stereocenters. The Balaban J connectivity index is 2.57. The molecule has 92 valence electrons. The molecule has 2 atom stereocenters. The zero-order valence-electron chi connectivity index (χ0n) is 9.71. The lowest BCUT2D eigenvalue weighted by Crippen LogP contribution is -2.21. The average Bonchev–Trinajstić information content (AvgIpc) is 2.40. The van der Waals surface area contributed by atoms with Crippen LogP contribution in [0.1, 0.15) is 33.1 Å². The topological polar surface area (TPSA) is 18.5 Å². The molecule has 0 N–H and O–H groups in total. The Hall–Kier alpha value is 0.360. The van der Waals surface area contributed by atoms with Crippen LogP contribution in [0.25, 0.3) is 0 Å². The van der Waals surface area contributed by atoms with E-state index in [0.717, 1.165) is 22.7 Å². The van der Waals surface area contributed by atoms with Gasteiger partial charge in [0.05, 0.1) is 9.50 Å². The van der Waals surface area contributed by atoms with Crippen molar-refractivity contribution < 1.29 is 9.47 Å². The Bertz CT molecular complexity index is 270. The van der Waals surface area contributed by atoms with Gasteiger partial charge >= 0.3 is 0 Å². The molecule has 1 rings (SSSR count). The van der Waals surface area contributed by atoms with E-state index in [1.165, 1.54) is 0 Å². The first-order valence-electron chi connectivity index (χ1n) is 5.44. The van der Waals surface area contributed by atoms with Crippen LogP contribution in [0.5, 0.6) is 0 Å². The third-order valence-electron chi connectivity index (χ3n) is 2.41. The molecule has 0 amide bonds. The molecule has 0 radical (unpaired) electrons. The molecular formula is C12H18Br2O2. The van der Waals surface area contributed by atoms with E-state index >= 15 is 0 Å². The Labute approximate surface area is 114 Å². The molecule has 0 aromatic carbocycles. The van der Waals surface area contributed by atoms with Gasteiger partial charge in [-0.3, -0.25) is 0 Å². The number of halogens is 2. The lowest BCUT2D eigenvalue weighted by Gasteiger charge is -2.16. The molecule has 0 bridgehead atoms. The smallest absolute Gasteiger partial charge is 0.164 e. The van der Waals surface area contributed by atoms with Crippen molar-refractivity contribution in [3.63, 3.8) is 0 Å². The molecule has 1 saturated heterocycles. The third kappa shape index (κ3) is 4.70. The summed E-state index contributed by atoms with van der Waals surface area (Å²) in [4.78, 5) is 0. The molecule has 2 nitrogen and oxygen atoms in total. The molecule has 4 heteroatoms. The van der Waals surface area contributed by atoms with E-state index in [9.17, 15) is 0 Å². The van der Waals surface area contributed by atoms with Gasteiger partial charge in [-0.05, 0) is 71.0 Å². The normalized spacial score (nSPS) is 27.8. The second-order valence-corrected chi connectivity index (χ2v) is 7.09. The van der Waals surface area contributed by atoms with Crippen LogP contribution in [-0.4, -0.2) is 18.0 Å². The van der Waals surface area contributed by atoms with Crippen molar-refractivity contribution in [2.24, 2.45) is 0 Å². The van der Waals surface area contributed by atoms with Crippen LogP contribution < -0.4 is 0 Å². The van der Waals surface area contributed by atoms with Crippen LogP contribution in [0.3, 0.4) is 0 Å². The molecule has 1 fully saturated rings. The summed E-state index contributed by atoms with van der Waals surface area (Å²) in [5.74, 6) is -0.491. The van der Waals surface area contributed by atoms with E-state index in [0.29, 0.717) is 0 Å². The van der Waals surface area contributed by atoms with E-state index in [-0.39, 0.29) is 12.2 Å². The van der Waals surface area contributed by atoms with Gasteiger partial charge in [0, 0.05) is 0 Å². The number of allylic oxidation sites excluding steroid dienone is 1. The predicted octanol–water partition coefficient (Wildman–Crippen LogP) is 4.49. The van der Waals surface area contributed by atoms with Crippen molar-refractivity contribution in [1.29, 1.82) is 0 Å². The highest BCUT2D eigenvalue weighted by Gasteiger charge is 2.39. The Morgan fingerprint density at radius 3 is 2.62 bits per heavy atom. The fourth-order valence-electron chi connectivity index (χ4n) is 1.82. The SMILES string of the molecule is C=CCCC[C@@H]1OC(C)(C)O[C@H]1C=C(Br)Br. The van der Waals surface area contributed by atoms with Crippen LogP contribution in [-0.2, 0) is 9.47 Å². The first-order chi connectivity index (χ1) is 7.44. The largest absolute Gasteiger partial charge is 0.344 e. The van der Waals surface area contributed by atoms with Crippen LogP contribution in [0.4, 0.5) is 0 Å². The maximum atomic E-state index is 5.87. The van der Waals surface area contributed by atoms with Crippen LogP contribution >= 0.6 is 31.9 Å². The van der Waals surface area contributed by atoms with E-state index in [1.54, 1.807) is 0 Å². The predicted molar refractivity (Wildman–Crippen MR) is 73.8 cm³/mol.